The highest BCUT2D eigenvalue weighted by atomic mass is 79.9. The van der Waals surface area contributed by atoms with Gasteiger partial charge in [-0.05, 0) is 26.2 Å². The molecule has 0 rings (SSSR count). The van der Waals surface area contributed by atoms with Crippen LogP contribution in [0.4, 0.5) is 0 Å². The molecule has 0 aromatic carbocycles. The van der Waals surface area contributed by atoms with Crippen LogP contribution in [0, 0.1) is 5.92 Å². The summed E-state index contributed by atoms with van der Waals surface area (Å²) in [4.78, 5) is 0. The molecule has 124 valence electrons. The van der Waals surface area contributed by atoms with Crippen molar-refractivity contribution in [3.63, 3.8) is 0 Å². The molecule has 0 aliphatic carbocycles. The molecular weight excluding hydrogens is 310 g/mol. The predicted molar refractivity (Wildman–Crippen MR) is 98.8 cm³/mol. The van der Waals surface area contributed by atoms with Crippen LogP contribution in [0.5, 0.6) is 0 Å². The molecule has 0 amide bonds. The van der Waals surface area contributed by atoms with Crippen LogP contribution >= 0.6 is 17.0 Å². The van der Waals surface area contributed by atoms with Crippen molar-refractivity contribution in [3.8, 4) is 0 Å². The highest BCUT2D eigenvalue weighted by Crippen LogP contribution is 2.20. The average molecular weight is 350 g/mol. The van der Waals surface area contributed by atoms with E-state index in [2.05, 4.69) is 27.7 Å². The maximum Gasteiger partial charge on any atom is 0.0123 e. The van der Waals surface area contributed by atoms with Gasteiger partial charge in [0.2, 0.25) is 0 Å². The Hall–Kier alpha value is 0.440. The van der Waals surface area contributed by atoms with Crippen molar-refractivity contribution in [1.82, 2.24) is 0 Å². The number of nitrogens with two attached hydrogens (primary N) is 1. The molecule has 20 heavy (non-hydrogen) atoms. The van der Waals surface area contributed by atoms with Crippen LogP contribution in [0.3, 0.4) is 0 Å². The van der Waals surface area contributed by atoms with Gasteiger partial charge in [0.25, 0.3) is 0 Å². The lowest BCUT2D eigenvalue weighted by Crippen LogP contribution is -2.39. The van der Waals surface area contributed by atoms with E-state index >= 15 is 0 Å². The number of hydrogen-bond donors (Lipinski definition) is 1. The Labute approximate surface area is 139 Å². The van der Waals surface area contributed by atoms with Gasteiger partial charge in [-0.3, -0.25) is 0 Å². The fourth-order valence-corrected chi connectivity index (χ4v) is 2.49. The largest absolute Gasteiger partial charge is 0.325 e. The Morgan fingerprint density at radius 3 is 1.45 bits per heavy atom. The second-order valence-electron chi connectivity index (χ2n) is 7.05. The number of unbranched alkanes of at least 4 members (excludes halogenated alkanes) is 10. The molecule has 0 bridgehead atoms. The SMILES string of the molecule is Br.CCCCCCCCCCCCCC(C)C(C)(C)N. The maximum absolute atomic E-state index is 6.11. The Kier molecular flexibility index (Phi) is 16.3. The van der Waals surface area contributed by atoms with Gasteiger partial charge in [0.05, 0.1) is 0 Å². The summed E-state index contributed by atoms with van der Waals surface area (Å²) in [6.45, 7) is 8.87. The molecule has 0 saturated carbocycles. The first-order valence-corrected chi connectivity index (χ1v) is 8.77. The third-order valence-corrected chi connectivity index (χ3v) is 4.51. The fourth-order valence-electron chi connectivity index (χ4n) is 2.49. The molecule has 0 spiro atoms. The summed E-state index contributed by atoms with van der Waals surface area (Å²) in [5.74, 6) is 0.645. The molecule has 2 heteroatoms. The van der Waals surface area contributed by atoms with Crippen LogP contribution < -0.4 is 5.73 Å². The van der Waals surface area contributed by atoms with Crippen molar-refractivity contribution in [2.75, 3.05) is 0 Å². The second kappa shape index (κ2) is 14.4. The highest BCUT2D eigenvalue weighted by Gasteiger charge is 2.19. The van der Waals surface area contributed by atoms with E-state index in [0.29, 0.717) is 5.92 Å². The normalized spacial score (nSPS) is 13.1. The third-order valence-electron chi connectivity index (χ3n) is 4.51. The highest BCUT2D eigenvalue weighted by molar-refractivity contribution is 8.93. The first-order valence-electron chi connectivity index (χ1n) is 8.77. The Balaban J connectivity index is 0. The van der Waals surface area contributed by atoms with Crippen molar-refractivity contribution in [3.05, 3.63) is 0 Å². The molecule has 1 unspecified atom stereocenters. The van der Waals surface area contributed by atoms with Crippen LogP contribution in [-0.4, -0.2) is 5.54 Å². The molecule has 1 atom stereocenters. The molecule has 0 heterocycles. The van der Waals surface area contributed by atoms with Crippen molar-refractivity contribution < 1.29 is 0 Å². The average Bonchev–Trinajstić information content (AvgIpc) is 2.34. The zero-order valence-corrected chi connectivity index (χ0v) is 16.3. The summed E-state index contributed by atoms with van der Waals surface area (Å²) < 4.78 is 0. The van der Waals surface area contributed by atoms with E-state index in [-0.39, 0.29) is 22.5 Å². The van der Waals surface area contributed by atoms with Crippen LogP contribution in [0.2, 0.25) is 0 Å². The van der Waals surface area contributed by atoms with Gasteiger partial charge in [-0.25, -0.2) is 0 Å². The maximum atomic E-state index is 6.11. The van der Waals surface area contributed by atoms with E-state index < -0.39 is 0 Å². The zero-order chi connectivity index (χ0) is 14.6. The third kappa shape index (κ3) is 14.8. The van der Waals surface area contributed by atoms with Gasteiger partial charge in [0.1, 0.15) is 0 Å². The van der Waals surface area contributed by atoms with Crippen LogP contribution in [0.1, 0.15) is 105 Å². The van der Waals surface area contributed by atoms with Crippen molar-refractivity contribution in [1.29, 1.82) is 0 Å². The predicted octanol–water partition coefficient (Wildman–Crippen LogP) is 6.64. The number of halogens is 1. The molecule has 0 saturated heterocycles. The Morgan fingerprint density at radius 2 is 1.10 bits per heavy atom. The van der Waals surface area contributed by atoms with E-state index in [9.17, 15) is 0 Å². The summed E-state index contributed by atoms with van der Waals surface area (Å²) in [5, 5.41) is 0. The van der Waals surface area contributed by atoms with E-state index in [4.69, 9.17) is 5.73 Å². The topological polar surface area (TPSA) is 26.0 Å². The molecule has 0 aromatic rings. The van der Waals surface area contributed by atoms with Gasteiger partial charge in [-0.1, -0.05) is 84.5 Å². The summed E-state index contributed by atoms with van der Waals surface area (Å²) in [6, 6.07) is 0. The molecule has 0 fully saturated rings. The minimum atomic E-state index is -0.00150. The first-order chi connectivity index (χ1) is 8.98. The lowest BCUT2D eigenvalue weighted by atomic mass is 9.86. The minimum absolute atomic E-state index is 0. The molecular formula is C18H40BrN. The van der Waals surface area contributed by atoms with Gasteiger partial charge in [0.15, 0.2) is 0 Å². The van der Waals surface area contributed by atoms with Crippen LogP contribution in [0.15, 0.2) is 0 Å². The van der Waals surface area contributed by atoms with E-state index in [1.165, 1.54) is 77.0 Å². The van der Waals surface area contributed by atoms with Gasteiger partial charge in [0, 0.05) is 5.54 Å². The minimum Gasteiger partial charge on any atom is -0.325 e. The molecule has 2 N–H and O–H groups in total. The van der Waals surface area contributed by atoms with Crippen molar-refractivity contribution >= 4 is 17.0 Å². The zero-order valence-electron chi connectivity index (χ0n) is 14.5. The Morgan fingerprint density at radius 1 is 0.750 bits per heavy atom. The molecule has 0 aromatic heterocycles. The molecule has 0 aliphatic heterocycles. The summed E-state index contributed by atoms with van der Waals surface area (Å²) in [7, 11) is 0. The van der Waals surface area contributed by atoms with Gasteiger partial charge >= 0.3 is 0 Å². The standard InChI is InChI=1S/C18H39N.BrH/c1-5-6-7-8-9-10-11-12-13-14-15-16-17(2)18(3,4)19;/h17H,5-16,19H2,1-4H3;1H. The second-order valence-corrected chi connectivity index (χ2v) is 7.05. The van der Waals surface area contributed by atoms with Gasteiger partial charge < -0.3 is 5.73 Å². The Bertz CT molecular complexity index is 186. The fraction of sp³-hybridized carbons (Fsp3) is 1.00. The van der Waals surface area contributed by atoms with Crippen molar-refractivity contribution in [2.24, 2.45) is 11.7 Å². The van der Waals surface area contributed by atoms with Gasteiger partial charge in [-0.2, -0.15) is 0 Å². The van der Waals surface area contributed by atoms with E-state index in [0.717, 1.165) is 0 Å². The van der Waals surface area contributed by atoms with E-state index in [1.807, 2.05) is 0 Å². The number of hydrogen-bond acceptors (Lipinski definition) is 1. The monoisotopic (exact) mass is 349 g/mol. The van der Waals surface area contributed by atoms with Crippen LogP contribution in [-0.2, 0) is 0 Å². The first kappa shape index (κ1) is 22.7. The lowest BCUT2D eigenvalue weighted by Gasteiger charge is -2.27. The lowest BCUT2D eigenvalue weighted by molar-refractivity contribution is 0.316. The van der Waals surface area contributed by atoms with E-state index in [1.54, 1.807) is 0 Å². The molecule has 0 radical (unpaired) electrons. The number of rotatable bonds is 13. The molecule has 1 nitrogen and oxygen atoms in total. The molecule has 0 aliphatic rings. The summed E-state index contributed by atoms with van der Waals surface area (Å²) in [5.41, 5.74) is 6.11. The smallest absolute Gasteiger partial charge is 0.0123 e. The summed E-state index contributed by atoms with van der Waals surface area (Å²) >= 11 is 0. The summed E-state index contributed by atoms with van der Waals surface area (Å²) in [6.07, 6.45) is 17.0. The van der Waals surface area contributed by atoms with Gasteiger partial charge in [-0.15, -0.1) is 17.0 Å². The quantitative estimate of drug-likeness (QED) is 0.370. The van der Waals surface area contributed by atoms with Crippen LogP contribution in [0.25, 0.3) is 0 Å². The van der Waals surface area contributed by atoms with Crippen molar-refractivity contribution in [2.45, 2.75) is 110 Å².